The first-order chi connectivity index (χ1) is 10.9. The third-order valence-corrected chi connectivity index (χ3v) is 2.72. The number of rotatable bonds is 0. The highest BCUT2D eigenvalue weighted by atomic mass is 16.7. The van der Waals surface area contributed by atoms with E-state index in [9.17, 15) is 0 Å². The van der Waals surface area contributed by atoms with E-state index in [0.717, 1.165) is 11.0 Å². The Morgan fingerprint density at radius 2 is 1.27 bits per heavy atom. The minimum absolute atomic E-state index is 0.176. The van der Waals surface area contributed by atoms with E-state index in [1.165, 1.54) is 0 Å². The summed E-state index contributed by atoms with van der Waals surface area (Å²) in [6.45, 7) is 8.43. The fourth-order valence-electron chi connectivity index (χ4n) is 1.79. The van der Waals surface area contributed by atoms with Gasteiger partial charge in [0.25, 0.3) is 0 Å². The summed E-state index contributed by atoms with van der Waals surface area (Å²) >= 11 is 0. The summed E-state index contributed by atoms with van der Waals surface area (Å²) in [5, 5.41) is 7.27. The van der Waals surface area contributed by atoms with Crippen LogP contribution in [-0.4, -0.2) is 29.3 Å². The molecule has 0 bridgehead atoms. The maximum atomic E-state index is 5.20. The van der Waals surface area contributed by atoms with Crippen molar-refractivity contribution in [1.29, 1.82) is 0 Å². The molecule has 1 aliphatic heterocycles. The van der Waals surface area contributed by atoms with Crippen molar-refractivity contribution in [1.82, 2.24) is 10.3 Å². The molecule has 2 unspecified atom stereocenters. The Labute approximate surface area is 131 Å². The van der Waals surface area contributed by atoms with Crippen LogP contribution in [0.5, 0.6) is 0 Å². The summed E-state index contributed by atoms with van der Waals surface area (Å²) in [6.07, 6.45) is 8.34. The Bertz CT molecular complexity index is 530. The Kier molecular flexibility index (Phi) is 8.79. The second-order valence-electron chi connectivity index (χ2n) is 3.90. The highest BCUT2D eigenvalue weighted by Gasteiger charge is 2.25. The van der Waals surface area contributed by atoms with Crippen molar-refractivity contribution in [2.45, 2.75) is 39.9 Å². The molecule has 0 radical (unpaired) electrons. The molecule has 2 heterocycles. The number of hydrogen-bond donors (Lipinski definition) is 0. The van der Waals surface area contributed by atoms with Gasteiger partial charge in [-0.3, -0.25) is 0 Å². The van der Waals surface area contributed by atoms with Gasteiger partial charge in [0.2, 0.25) is 0 Å². The van der Waals surface area contributed by atoms with E-state index in [0.29, 0.717) is 6.79 Å². The number of ether oxygens (including phenoxy) is 2. The lowest BCUT2D eigenvalue weighted by atomic mass is 10.1. The van der Waals surface area contributed by atoms with E-state index < -0.39 is 0 Å². The fraction of sp³-hybridized carbons (Fsp3) is 0.412. The zero-order chi connectivity index (χ0) is 16.2. The first-order valence-corrected chi connectivity index (χ1v) is 7.69. The molecule has 2 aromatic rings. The van der Waals surface area contributed by atoms with E-state index in [2.05, 4.69) is 14.9 Å². The van der Waals surface area contributed by atoms with Crippen LogP contribution in [-0.2, 0) is 9.47 Å². The third kappa shape index (κ3) is 5.09. The van der Waals surface area contributed by atoms with Gasteiger partial charge in [0, 0.05) is 0 Å². The van der Waals surface area contributed by atoms with Crippen molar-refractivity contribution in [2.24, 2.45) is 0 Å². The van der Waals surface area contributed by atoms with E-state index in [-0.39, 0.29) is 12.2 Å². The average molecular weight is 304 g/mol. The van der Waals surface area contributed by atoms with Crippen LogP contribution in [0, 0.1) is 0 Å². The van der Waals surface area contributed by atoms with Gasteiger partial charge in [-0.1, -0.05) is 64.1 Å². The number of benzene rings is 1. The van der Waals surface area contributed by atoms with Gasteiger partial charge >= 0.3 is 0 Å². The summed E-state index contributed by atoms with van der Waals surface area (Å²) in [6, 6.07) is 7.50. The minimum atomic E-state index is 0.176. The van der Waals surface area contributed by atoms with Crippen LogP contribution < -0.4 is 0 Å². The van der Waals surface area contributed by atoms with E-state index in [4.69, 9.17) is 9.47 Å². The fourth-order valence-corrected chi connectivity index (χ4v) is 1.79. The second kappa shape index (κ2) is 10.7. The van der Waals surface area contributed by atoms with Gasteiger partial charge in [0.1, 0.15) is 30.0 Å². The molecule has 1 saturated heterocycles. The van der Waals surface area contributed by atoms with Crippen molar-refractivity contribution < 1.29 is 14.1 Å². The Balaban J connectivity index is 0.000000180. The number of aromatic nitrogens is 2. The summed E-state index contributed by atoms with van der Waals surface area (Å²) in [5.41, 5.74) is 1.61. The SMILES string of the molecule is C1=CC2OCOC2C=C1.CC.CC.c1ccc2nonc2c1. The number of allylic oxidation sites excluding steroid dienone is 2. The van der Waals surface area contributed by atoms with Crippen LogP contribution in [0.4, 0.5) is 0 Å². The van der Waals surface area contributed by atoms with Crippen LogP contribution in [0.2, 0.25) is 0 Å². The number of fused-ring (bicyclic) bond motifs is 2. The molecule has 1 aromatic carbocycles. The zero-order valence-corrected chi connectivity index (χ0v) is 13.6. The summed E-state index contributed by atoms with van der Waals surface area (Å²) in [4.78, 5) is 0. The topological polar surface area (TPSA) is 57.4 Å². The lowest BCUT2D eigenvalue weighted by Crippen LogP contribution is -2.18. The number of hydrogen-bond acceptors (Lipinski definition) is 5. The van der Waals surface area contributed by atoms with Gasteiger partial charge in [0.15, 0.2) is 0 Å². The molecule has 2 aliphatic rings. The van der Waals surface area contributed by atoms with Crippen molar-refractivity contribution in [3.63, 3.8) is 0 Å². The Morgan fingerprint density at radius 3 is 1.73 bits per heavy atom. The van der Waals surface area contributed by atoms with Crippen molar-refractivity contribution >= 4 is 11.0 Å². The Morgan fingerprint density at radius 1 is 0.818 bits per heavy atom. The van der Waals surface area contributed by atoms with Gasteiger partial charge in [-0.25, -0.2) is 4.63 Å². The molecule has 5 nitrogen and oxygen atoms in total. The second-order valence-corrected chi connectivity index (χ2v) is 3.90. The molecule has 0 spiro atoms. The molecule has 1 aliphatic carbocycles. The highest BCUT2D eigenvalue weighted by Crippen LogP contribution is 2.17. The molecule has 0 N–H and O–H groups in total. The molecule has 120 valence electrons. The predicted octanol–water partition coefficient (Wildman–Crippen LogP) is 4.13. The highest BCUT2D eigenvalue weighted by molar-refractivity contribution is 5.72. The maximum Gasteiger partial charge on any atom is 0.148 e. The third-order valence-electron chi connectivity index (χ3n) is 2.72. The van der Waals surface area contributed by atoms with E-state index >= 15 is 0 Å². The van der Waals surface area contributed by atoms with Gasteiger partial charge in [-0.15, -0.1) is 0 Å². The molecule has 5 heteroatoms. The van der Waals surface area contributed by atoms with Crippen molar-refractivity contribution in [3.05, 3.63) is 48.6 Å². The van der Waals surface area contributed by atoms with Gasteiger partial charge in [-0.05, 0) is 22.4 Å². The summed E-state index contributed by atoms with van der Waals surface area (Å²) in [7, 11) is 0. The average Bonchev–Trinajstić information content (AvgIpc) is 3.28. The Hall–Kier alpha value is -1.98. The molecular weight excluding hydrogens is 280 g/mol. The monoisotopic (exact) mass is 304 g/mol. The smallest absolute Gasteiger partial charge is 0.148 e. The van der Waals surface area contributed by atoms with Crippen LogP contribution in [0.15, 0.2) is 53.2 Å². The van der Waals surface area contributed by atoms with E-state index in [1.54, 1.807) is 0 Å². The molecule has 1 fully saturated rings. The van der Waals surface area contributed by atoms with E-state index in [1.807, 2.05) is 76.3 Å². The molecular formula is C17H24N2O3. The maximum absolute atomic E-state index is 5.20. The standard InChI is InChI=1S/C7H8O2.C6H4N2O.2C2H6/c1-2-4-7-6(3-1)8-5-9-7;1-2-4-6-5(3-1)7-9-8-6;2*1-2/h1-4,6-7H,5H2;1-4H;2*1-2H3. The van der Waals surface area contributed by atoms with Crippen molar-refractivity contribution in [2.75, 3.05) is 6.79 Å². The molecule has 4 rings (SSSR count). The normalized spacial score (nSPS) is 20.7. The molecule has 2 atom stereocenters. The first-order valence-electron chi connectivity index (χ1n) is 7.69. The molecule has 0 amide bonds. The molecule has 22 heavy (non-hydrogen) atoms. The lowest BCUT2D eigenvalue weighted by Gasteiger charge is -2.10. The van der Waals surface area contributed by atoms with Gasteiger partial charge < -0.3 is 9.47 Å². The van der Waals surface area contributed by atoms with Crippen LogP contribution in [0.3, 0.4) is 0 Å². The van der Waals surface area contributed by atoms with Crippen LogP contribution >= 0.6 is 0 Å². The largest absolute Gasteiger partial charge is 0.345 e. The summed E-state index contributed by atoms with van der Waals surface area (Å²) in [5.74, 6) is 0. The van der Waals surface area contributed by atoms with Crippen molar-refractivity contribution in [3.8, 4) is 0 Å². The quantitative estimate of drug-likeness (QED) is 0.732. The van der Waals surface area contributed by atoms with Gasteiger partial charge in [0.05, 0.1) is 0 Å². The first kappa shape index (κ1) is 18.1. The van der Waals surface area contributed by atoms with Gasteiger partial charge in [-0.2, -0.15) is 0 Å². The molecule has 0 saturated carbocycles. The van der Waals surface area contributed by atoms with Crippen LogP contribution in [0.1, 0.15) is 27.7 Å². The molecule has 1 aromatic heterocycles. The predicted molar refractivity (Wildman–Crippen MR) is 87.4 cm³/mol. The van der Waals surface area contributed by atoms with Crippen LogP contribution in [0.25, 0.3) is 11.0 Å². The zero-order valence-electron chi connectivity index (χ0n) is 13.6. The summed E-state index contributed by atoms with van der Waals surface area (Å²) < 4.78 is 14.9. The number of nitrogens with zero attached hydrogens (tertiary/aromatic N) is 2. The lowest BCUT2D eigenvalue weighted by molar-refractivity contribution is 0.0503. The minimum Gasteiger partial charge on any atom is -0.345 e.